The smallest absolute Gasteiger partial charge is 0.223 e. The Morgan fingerprint density at radius 3 is 2.12 bits per heavy atom. The summed E-state index contributed by atoms with van der Waals surface area (Å²) in [5.74, 6) is 0. The van der Waals surface area contributed by atoms with Crippen molar-refractivity contribution in [1.29, 1.82) is 0 Å². The van der Waals surface area contributed by atoms with Crippen LogP contribution < -0.4 is 0 Å². The first-order valence-electron chi connectivity index (χ1n) is 7.92. The SMILES string of the molecule is O=S(=O)(c1ccccc1)[C@H]1CCN(S(=O)(=O)/C=C/c2ccccc2)C1. The van der Waals surface area contributed by atoms with Crippen LogP contribution in [0.15, 0.2) is 71.0 Å². The third kappa shape index (κ3) is 4.00. The Balaban J connectivity index is 1.75. The van der Waals surface area contributed by atoms with Gasteiger partial charge in [-0.15, -0.1) is 0 Å². The summed E-state index contributed by atoms with van der Waals surface area (Å²) in [6.07, 6.45) is 1.82. The van der Waals surface area contributed by atoms with Crippen LogP contribution in [0.5, 0.6) is 0 Å². The van der Waals surface area contributed by atoms with E-state index in [9.17, 15) is 16.8 Å². The van der Waals surface area contributed by atoms with Crippen molar-refractivity contribution in [3.8, 4) is 0 Å². The molecule has 0 spiro atoms. The number of hydrogen-bond acceptors (Lipinski definition) is 4. The van der Waals surface area contributed by atoms with E-state index in [1.54, 1.807) is 42.5 Å². The average Bonchev–Trinajstić information content (AvgIpc) is 3.14. The van der Waals surface area contributed by atoms with Gasteiger partial charge in [0.25, 0.3) is 0 Å². The Hall–Kier alpha value is -1.96. The van der Waals surface area contributed by atoms with Crippen molar-refractivity contribution in [2.45, 2.75) is 16.6 Å². The van der Waals surface area contributed by atoms with Crippen LogP contribution in [0.4, 0.5) is 0 Å². The fraction of sp³-hybridized carbons (Fsp3) is 0.222. The predicted molar refractivity (Wildman–Crippen MR) is 98.0 cm³/mol. The third-order valence-electron chi connectivity index (χ3n) is 4.21. The van der Waals surface area contributed by atoms with Gasteiger partial charge in [-0.25, -0.2) is 16.8 Å². The molecule has 2 aromatic rings. The molecule has 3 rings (SSSR count). The second-order valence-electron chi connectivity index (χ2n) is 5.89. The summed E-state index contributed by atoms with van der Waals surface area (Å²) in [6, 6.07) is 17.3. The standard InChI is InChI=1S/C18H19NO4S2/c20-24(21,14-12-16-7-3-1-4-8-16)19-13-11-18(15-19)25(22,23)17-9-5-2-6-10-17/h1-10,12,14,18H,11,13,15H2/b14-12+/t18-/m0/s1. The number of rotatable bonds is 5. The molecule has 2 aromatic carbocycles. The molecule has 7 heteroatoms. The van der Waals surface area contributed by atoms with Crippen molar-refractivity contribution < 1.29 is 16.8 Å². The van der Waals surface area contributed by atoms with Gasteiger partial charge in [0.05, 0.1) is 10.1 Å². The number of sulfone groups is 1. The van der Waals surface area contributed by atoms with Crippen LogP contribution >= 0.6 is 0 Å². The lowest BCUT2D eigenvalue weighted by Gasteiger charge is -2.14. The van der Waals surface area contributed by atoms with Crippen molar-refractivity contribution in [2.75, 3.05) is 13.1 Å². The highest BCUT2D eigenvalue weighted by Crippen LogP contribution is 2.26. The van der Waals surface area contributed by atoms with Gasteiger partial charge in [-0.05, 0) is 30.2 Å². The van der Waals surface area contributed by atoms with Gasteiger partial charge < -0.3 is 0 Å². The first-order chi connectivity index (χ1) is 11.9. The number of benzene rings is 2. The van der Waals surface area contributed by atoms with Gasteiger partial charge >= 0.3 is 0 Å². The molecule has 0 radical (unpaired) electrons. The normalized spacial score (nSPS) is 19.4. The monoisotopic (exact) mass is 377 g/mol. The molecule has 1 fully saturated rings. The Bertz CT molecular complexity index is 953. The van der Waals surface area contributed by atoms with E-state index < -0.39 is 25.1 Å². The van der Waals surface area contributed by atoms with E-state index in [1.807, 2.05) is 18.2 Å². The fourth-order valence-corrected chi connectivity index (χ4v) is 5.86. The van der Waals surface area contributed by atoms with E-state index in [0.717, 1.165) is 11.0 Å². The maximum atomic E-state index is 12.6. The molecule has 25 heavy (non-hydrogen) atoms. The van der Waals surface area contributed by atoms with E-state index in [-0.39, 0.29) is 18.0 Å². The third-order valence-corrected chi connectivity index (χ3v) is 7.93. The molecule has 0 aromatic heterocycles. The Morgan fingerprint density at radius 2 is 1.48 bits per heavy atom. The summed E-state index contributed by atoms with van der Waals surface area (Å²) >= 11 is 0. The predicted octanol–water partition coefficient (Wildman–Crippen LogP) is 2.54. The van der Waals surface area contributed by atoms with Crippen molar-refractivity contribution in [3.63, 3.8) is 0 Å². The van der Waals surface area contributed by atoms with E-state index in [2.05, 4.69) is 0 Å². The molecule has 0 aliphatic carbocycles. The Labute approximate surface area is 148 Å². The minimum atomic E-state index is -3.65. The molecule has 1 aliphatic rings. The molecule has 1 saturated heterocycles. The molecule has 0 saturated carbocycles. The largest absolute Gasteiger partial charge is 0.236 e. The van der Waals surface area contributed by atoms with Gasteiger partial charge in [0, 0.05) is 18.5 Å². The van der Waals surface area contributed by atoms with Gasteiger partial charge in [-0.3, -0.25) is 0 Å². The summed E-state index contributed by atoms with van der Waals surface area (Å²) in [4.78, 5) is 0.235. The summed E-state index contributed by atoms with van der Waals surface area (Å²) in [5, 5.41) is 0.426. The molecule has 0 N–H and O–H groups in total. The Kier molecular flexibility index (Phi) is 5.08. The average molecular weight is 377 g/mol. The summed E-state index contributed by atoms with van der Waals surface area (Å²) in [5.41, 5.74) is 0.777. The van der Waals surface area contributed by atoms with E-state index in [1.165, 1.54) is 10.4 Å². The van der Waals surface area contributed by atoms with Crippen LogP contribution in [0.1, 0.15) is 12.0 Å². The van der Waals surface area contributed by atoms with E-state index >= 15 is 0 Å². The zero-order chi connectivity index (χ0) is 17.9. The highest BCUT2D eigenvalue weighted by atomic mass is 32.2. The summed E-state index contributed by atoms with van der Waals surface area (Å²) in [6.45, 7) is 0.191. The molecule has 0 unspecified atom stereocenters. The zero-order valence-electron chi connectivity index (χ0n) is 13.5. The fourth-order valence-electron chi connectivity index (χ4n) is 2.80. The summed E-state index contributed by atoms with van der Waals surface area (Å²) < 4.78 is 51.4. The molecule has 0 amide bonds. The molecule has 1 atom stereocenters. The topological polar surface area (TPSA) is 71.5 Å². The lowest BCUT2D eigenvalue weighted by atomic mass is 10.2. The van der Waals surface area contributed by atoms with Crippen molar-refractivity contribution in [2.24, 2.45) is 0 Å². The molecule has 0 bridgehead atoms. The lowest BCUT2D eigenvalue weighted by molar-refractivity contribution is 0.485. The van der Waals surface area contributed by atoms with Crippen LogP contribution in [-0.2, 0) is 19.9 Å². The second-order valence-corrected chi connectivity index (χ2v) is 9.93. The van der Waals surface area contributed by atoms with Crippen LogP contribution in [-0.4, -0.2) is 39.5 Å². The van der Waals surface area contributed by atoms with Crippen molar-refractivity contribution in [1.82, 2.24) is 4.31 Å². The first-order valence-corrected chi connectivity index (χ1v) is 11.0. The van der Waals surface area contributed by atoms with Crippen LogP contribution in [0.3, 0.4) is 0 Å². The quantitative estimate of drug-likeness (QED) is 0.803. The van der Waals surface area contributed by atoms with Gasteiger partial charge in [-0.1, -0.05) is 48.5 Å². The zero-order valence-corrected chi connectivity index (χ0v) is 15.2. The molecular weight excluding hydrogens is 358 g/mol. The van der Waals surface area contributed by atoms with Crippen LogP contribution in [0, 0.1) is 0 Å². The van der Waals surface area contributed by atoms with Crippen molar-refractivity contribution >= 4 is 25.9 Å². The maximum Gasteiger partial charge on any atom is 0.236 e. The molecular formula is C18H19NO4S2. The number of hydrogen-bond donors (Lipinski definition) is 0. The van der Waals surface area contributed by atoms with Crippen molar-refractivity contribution in [3.05, 3.63) is 71.6 Å². The lowest BCUT2D eigenvalue weighted by Crippen LogP contribution is -2.30. The number of nitrogens with zero attached hydrogens (tertiary/aromatic N) is 1. The Morgan fingerprint density at radius 1 is 0.880 bits per heavy atom. The minimum Gasteiger partial charge on any atom is -0.223 e. The van der Waals surface area contributed by atoms with E-state index in [4.69, 9.17) is 0 Å². The highest BCUT2D eigenvalue weighted by molar-refractivity contribution is 7.93. The highest BCUT2D eigenvalue weighted by Gasteiger charge is 2.38. The molecule has 1 heterocycles. The van der Waals surface area contributed by atoms with E-state index in [0.29, 0.717) is 6.42 Å². The number of sulfonamides is 1. The molecule has 5 nitrogen and oxygen atoms in total. The van der Waals surface area contributed by atoms with Gasteiger partial charge in [0.1, 0.15) is 0 Å². The van der Waals surface area contributed by atoms with Crippen LogP contribution in [0.25, 0.3) is 6.08 Å². The van der Waals surface area contributed by atoms with Gasteiger partial charge in [-0.2, -0.15) is 4.31 Å². The van der Waals surface area contributed by atoms with Gasteiger partial charge in [0.2, 0.25) is 10.0 Å². The minimum absolute atomic E-state index is 0.0152. The summed E-state index contributed by atoms with van der Waals surface area (Å²) in [7, 11) is -7.17. The maximum absolute atomic E-state index is 12.6. The van der Waals surface area contributed by atoms with Crippen LogP contribution in [0.2, 0.25) is 0 Å². The molecule has 132 valence electrons. The first kappa shape index (κ1) is 17.8. The molecule has 1 aliphatic heterocycles. The van der Waals surface area contributed by atoms with Gasteiger partial charge in [0.15, 0.2) is 9.84 Å². The second kappa shape index (κ2) is 7.11.